The highest BCUT2D eigenvalue weighted by Crippen LogP contribution is 2.47. The summed E-state index contributed by atoms with van der Waals surface area (Å²) >= 11 is 1.81. The largest absolute Gasteiger partial charge is 0.135 e. The van der Waals surface area contributed by atoms with Gasteiger partial charge in [0.1, 0.15) is 0 Å². The second kappa shape index (κ2) is 8.94. The molecule has 0 radical (unpaired) electrons. The van der Waals surface area contributed by atoms with Crippen LogP contribution in [0.2, 0.25) is 0 Å². The minimum absolute atomic E-state index is 0.547. The second-order valence-corrected chi connectivity index (χ2v) is 11.1. The van der Waals surface area contributed by atoms with E-state index in [1.807, 2.05) is 12.1 Å². The highest BCUT2D eigenvalue weighted by Gasteiger charge is 2.19. The molecule has 0 N–H and O–H groups in total. The van der Waals surface area contributed by atoms with Crippen molar-refractivity contribution in [1.82, 2.24) is 0 Å². The van der Waals surface area contributed by atoms with Crippen LogP contribution < -0.4 is 0 Å². The van der Waals surface area contributed by atoms with E-state index in [4.69, 9.17) is 1.37 Å². The molecule has 0 amide bonds. The number of hydrogen-bond acceptors (Lipinski definition) is 1. The predicted molar refractivity (Wildman–Crippen MR) is 171 cm³/mol. The molecule has 8 aromatic rings. The van der Waals surface area contributed by atoms with Gasteiger partial charge in [-0.25, -0.2) is 0 Å². The molecule has 0 saturated heterocycles. The van der Waals surface area contributed by atoms with E-state index >= 15 is 0 Å². The minimum Gasteiger partial charge on any atom is -0.135 e. The molecule has 0 spiro atoms. The molecular weight excluding hydrogens is 488 g/mol. The molecular formula is C38H24S. The first-order chi connectivity index (χ1) is 19.8. The molecule has 0 aliphatic heterocycles. The molecule has 8 rings (SSSR count). The molecule has 182 valence electrons. The average Bonchev–Trinajstić information content (AvgIpc) is 3.38. The van der Waals surface area contributed by atoms with Crippen LogP contribution in [0.5, 0.6) is 0 Å². The summed E-state index contributed by atoms with van der Waals surface area (Å²) in [6, 6.07) is 50.4. The Morgan fingerprint density at radius 3 is 1.74 bits per heavy atom. The summed E-state index contributed by atoms with van der Waals surface area (Å²) in [4.78, 5) is 0. The molecule has 0 bridgehead atoms. The molecule has 1 heterocycles. The molecule has 0 fully saturated rings. The lowest BCUT2D eigenvalue weighted by molar-refractivity contribution is 1.61. The maximum absolute atomic E-state index is 8.34. The lowest BCUT2D eigenvalue weighted by Gasteiger charge is -2.19. The summed E-state index contributed by atoms with van der Waals surface area (Å²) in [7, 11) is 0. The highest BCUT2D eigenvalue weighted by molar-refractivity contribution is 7.25. The zero-order valence-electron chi connectivity index (χ0n) is 22.2. The Labute approximate surface area is 232 Å². The summed E-state index contributed by atoms with van der Waals surface area (Å²) in [6.07, 6.45) is 0. The SMILES string of the molecule is [2H]c1ccc2sc3cccc(-c4c5ccccc5c(-c5cccc(-c6ccccc6)c5)c5ccccc45)c3c2c1. The molecule has 0 unspecified atom stereocenters. The van der Waals surface area contributed by atoms with Gasteiger partial charge in [0.2, 0.25) is 0 Å². The van der Waals surface area contributed by atoms with E-state index < -0.39 is 0 Å². The molecule has 39 heavy (non-hydrogen) atoms. The third-order valence-electron chi connectivity index (χ3n) is 7.80. The Morgan fingerprint density at radius 2 is 1.00 bits per heavy atom. The summed E-state index contributed by atoms with van der Waals surface area (Å²) in [5.41, 5.74) is 7.42. The van der Waals surface area contributed by atoms with Crippen molar-refractivity contribution >= 4 is 53.1 Å². The third kappa shape index (κ3) is 3.51. The monoisotopic (exact) mass is 513 g/mol. The van der Waals surface area contributed by atoms with Gasteiger partial charge in [0.15, 0.2) is 0 Å². The fourth-order valence-electron chi connectivity index (χ4n) is 6.14. The minimum atomic E-state index is 0.547. The molecule has 0 saturated carbocycles. The number of hydrogen-bond donors (Lipinski definition) is 0. The number of thiophene rings is 1. The van der Waals surface area contributed by atoms with Gasteiger partial charge in [0.25, 0.3) is 0 Å². The highest BCUT2D eigenvalue weighted by atomic mass is 32.1. The van der Waals surface area contributed by atoms with E-state index in [1.54, 1.807) is 11.3 Å². The maximum atomic E-state index is 8.34. The smallest absolute Gasteiger partial charge is 0.0623 e. The van der Waals surface area contributed by atoms with Gasteiger partial charge in [-0.15, -0.1) is 11.3 Å². The molecule has 0 nitrogen and oxygen atoms in total. The van der Waals surface area contributed by atoms with Crippen molar-refractivity contribution in [2.75, 3.05) is 0 Å². The Morgan fingerprint density at radius 1 is 0.410 bits per heavy atom. The third-order valence-corrected chi connectivity index (χ3v) is 8.93. The first kappa shape index (κ1) is 21.2. The Balaban J connectivity index is 1.49. The second-order valence-electron chi connectivity index (χ2n) is 9.99. The van der Waals surface area contributed by atoms with E-state index in [0.717, 1.165) is 5.39 Å². The Hall–Kier alpha value is -4.72. The van der Waals surface area contributed by atoms with Gasteiger partial charge in [-0.3, -0.25) is 0 Å². The fraction of sp³-hybridized carbons (Fsp3) is 0. The van der Waals surface area contributed by atoms with E-state index in [-0.39, 0.29) is 0 Å². The Kier molecular flexibility index (Phi) is 4.87. The molecule has 0 aliphatic rings. The van der Waals surface area contributed by atoms with E-state index in [9.17, 15) is 0 Å². The zero-order chi connectivity index (χ0) is 26.6. The van der Waals surface area contributed by atoms with Gasteiger partial charge in [-0.05, 0) is 73.1 Å². The van der Waals surface area contributed by atoms with Gasteiger partial charge < -0.3 is 0 Å². The van der Waals surface area contributed by atoms with Crippen molar-refractivity contribution in [1.29, 1.82) is 0 Å². The number of benzene rings is 7. The van der Waals surface area contributed by atoms with Crippen molar-refractivity contribution in [3.8, 4) is 33.4 Å². The predicted octanol–water partition coefficient (Wildman–Crippen LogP) is 11.4. The summed E-state index contributed by atoms with van der Waals surface area (Å²) in [5, 5.41) is 7.39. The Bertz CT molecular complexity index is 2170. The lowest BCUT2D eigenvalue weighted by Crippen LogP contribution is -1.91. The summed E-state index contributed by atoms with van der Waals surface area (Å²) < 4.78 is 10.8. The maximum Gasteiger partial charge on any atom is 0.0623 e. The number of fused-ring (bicyclic) bond motifs is 5. The van der Waals surface area contributed by atoms with Crippen molar-refractivity contribution in [2.24, 2.45) is 0 Å². The van der Waals surface area contributed by atoms with Crippen LogP contribution in [0.3, 0.4) is 0 Å². The summed E-state index contributed by atoms with van der Waals surface area (Å²) in [6.45, 7) is 0. The molecule has 7 aromatic carbocycles. The van der Waals surface area contributed by atoms with Crippen LogP contribution in [0.4, 0.5) is 0 Å². The van der Waals surface area contributed by atoms with Gasteiger partial charge >= 0.3 is 0 Å². The van der Waals surface area contributed by atoms with Crippen LogP contribution in [-0.2, 0) is 0 Å². The normalized spacial score (nSPS) is 11.9. The molecule has 1 aromatic heterocycles. The van der Waals surface area contributed by atoms with Crippen LogP contribution >= 0.6 is 11.3 Å². The summed E-state index contributed by atoms with van der Waals surface area (Å²) in [5.74, 6) is 0. The molecule has 0 aliphatic carbocycles. The number of rotatable bonds is 3. The zero-order valence-corrected chi connectivity index (χ0v) is 22.0. The quantitative estimate of drug-likeness (QED) is 0.206. The van der Waals surface area contributed by atoms with Gasteiger partial charge in [0.05, 0.1) is 1.37 Å². The van der Waals surface area contributed by atoms with Gasteiger partial charge in [-0.2, -0.15) is 0 Å². The average molecular weight is 514 g/mol. The van der Waals surface area contributed by atoms with Crippen molar-refractivity contribution in [3.05, 3.63) is 146 Å². The van der Waals surface area contributed by atoms with E-state index in [1.165, 1.54) is 69.7 Å². The lowest BCUT2D eigenvalue weighted by atomic mass is 9.84. The van der Waals surface area contributed by atoms with E-state index in [2.05, 4.69) is 127 Å². The standard InChI is InChI=1S/C38H24S/c1-2-12-25(13-3-1)26-14-10-15-27(24-26)36-28-16-4-6-18-30(28)37(31-19-7-5-17-29(31)36)33-21-11-23-35-38(33)32-20-8-9-22-34(32)39-35/h1-24H/i8D. The first-order valence-electron chi connectivity index (χ1n) is 13.8. The molecule has 0 atom stereocenters. The van der Waals surface area contributed by atoms with Crippen LogP contribution in [-0.4, -0.2) is 0 Å². The van der Waals surface area contributed by atoms with Crippen molar-refractivity contribution in [2.45, 2.75) is 0 Å². The first-order valence-corrected chi connectivity index (χ1v) is 14.1. The van der Waals surface area contributed by atoms with Crippen LogP contribution in [0, 0.1) is 0 Å². The molecule has 1 heteroatoms. The van der Waals surface area contributed by atoms with Crippen LogP contribution in [0.15, 0.2) is 146 Å². The van der Waals surface area contributed by atoms with Gasteiger partial charge in [-0.1, -0.05) is 127 Å². The topological polar surface area (TPSA) is 0 Å². The van der Waals surface area contributed by atoms with E-state index in [0.29, 0.717) is 6.04 Å². The van der Waals surface area contributed by atoms with Crippen LogP contribution in [0.25, 0.3) is 75.1 Å². The van der Waals surface area contributed by atoms with Crippen LogP contribution in [0.1, 0.15) is 1.37 Å². The fourth-order valence-corrected chi connectivity index (χ4v) is 7.25. The van der Waals surface area contributed by atoms with Crippen molar-refractivity contribution in [3.63, 3.8) is 0 Å². The van der Waals surface area contributed by atoms with Crippen molar-refractivity contribution < 1.29 is 1.37 Å². The van der Waals surface area contributed by atoms with Gasteiger partial charge in [0, 0.05) is 20.2 Å².